The number of rotatable bonds is 5. The molecular weight excluding hydrogens is 394 g/mol. The highest BCUT2D eigenvalue weighted by Gasteiger charge is 2.34. The van der Waals surface area contributed by atoms with E-state index in [1.54, 1.807) is 36.9 Å². The Morgan fingerprint density at radius 1 is 1.22 bits per heavy atom. The molecule has 1 saturated heterocycles. The number of amides is 2. The summed E-state index contributed by atoms with van der Waals surface area (Å²) in [5, 5.41) is 0.379. The van der Waals surface area contributed by atoms with E-state index in [9.17, 15) is 18.0 Å². The van der Waals surface area contributed by atoms with E-state index in [2.05, 4.69) is 0 Å². The number of carbonyl (C=O) groups is 2. The molecule has 1 atom stereocenters. The van der Waals surface area contributed by atoms with Gasteiger partial charge in [-0.1, -0.05) is 17.7 Å². The van der Waals surface area contributed by atoms with Crippen LogP contribution in [-0.2, 0) is 19.6 Å². The van der Waals surface area contributed by atoms with Crippen LogP contribution >= 0.6 is 11.6 Å². The molecule has 2 amide bonds. The van der Waals surface area contributed by atoms with Gasteiger partial charge in [0.1, 0.15) is 6.04 Å². The average Bonchev–Trinajstić information content (AvgIpc) is 2.60. The van der Waals surface area contributed by atoms with Crippen LogP contribution in [0.5, 0.6) is 0 Å². The van der Waals surface area contributed by atoms with Crippen molar-refractivity contribution < 1.29 is 22.7 Å². The van der Waals surface area contributed by atoms with Gasteiger partial charge in [-0.15, -0.1) is 0 Å². The Morgan fingerprint density at radius 3 is 2.33 bits per heavy atom. The first-order chi connectivity index (χ1) is 12.6. The number of hydrogen-bond acceptors (Lipinski definition) is 5. The number of nitrogens with zero attached hydrogens (tertiary/aromatic N) is 3. The van der Waals surface area contributed by atoms with Gasteiger partial charge in [-0.3, -0.25) is 9.10 Å². The molecule has 0 radical (unpaired) electrons. The van der Waals surface area contributed by atoms with Gasteiger partial charge in [0, 0.05) is 31.2 Å². The number of ether oxygens (including phenoxy) is 1. The van der Waals surface area contributed by atoms with Gasteiger partial charge in [0.15, 0.2) is 0 Å². The number of anilines is 1. The molecule has 0 unspecified atom stereocenters. The predicted octanol–water partition coefficient (Wildman–Crippen LogP) is 1.80. The third-order valence-corrected chi connectivity index (χ3v) is 5.72. The maximum absolute atomic E-state index is 12.9. The van der Waals surface area contributed by atoms with E-state index in [1.807, 2.05) is 0 Å². The van der Waals surface area contributed by atoms with Gasteiger partial charge in [0.05, 0.1) is 18.6 Å². The Hall–Kier alpha value is -2.00. The molecule has 0 aliphatic carbocycles. The summed E-state index contributed by atoms with van der Waals surface area (Å²) in [6.07, 6.45) is 0.644. The zero-order valence-corrected chi connectivity index (χ0v) is 17.2. The summed E-state index contributed by atoms with van der Waals surface area (Å²) in [5.74, 6) is -0.330. The topological polar surface area (TPSA) is 87.2 Å². The standard InChI is InChI=1S/C17H24ClN3O5S/c1-4-26-17(23)20-10-8-19(9-11-20)16(22)13(2)21(27(3,24)25)15-7-5-6-14(18)12-15/h5-7,12-13H,4,8-11H2,1-3H3/t13-/m0/s1. The molecule has 1 heterocycles. The Labute approximate surface area is 164 Å². The number of benzene rings is 1. The van der Waals surface area contributed by atoms with Gasteiger partial charge in [0.2, 0.25) is 15.9 Å². The number of halogens is 1. The molecule has 0 saturated carbocycles. The average molecular weight is 418 g/mol. The molecule has 1 aliphatic rings. The first-order valence-corrected chi connectivity index (χ1v) is 10.8. The Morgan fingerprint density at radius 2 is 1.81 bits per heavy atom. The van der Waals surface area contributed by atoms with Crippen LogP contribution in [0.15, 0.2) is 24.3 Å². The van der Waals surface area contributed by atoms with Crippen LogP contribution in [0.4, 0.5) is 10.5 Å². The monoisotopic (exact) mass is 417 g/mol. The number of sulfonamides is 1. The van der Waals surface area contributed by atoms with E-state index in [4.69, 9.17) is 16.3 Å². The highest BCUT2D eigenvalue weighted by molar-refractivity contribution is 7.92. The van der Waals surface area contributed by atoms with E-state index in [0.29, 0.717) is 36.9 Å². The van der Waals surface area contributed by atoms with E-state index >= 15 is 0 Å². The summed E-state index contributed by atoms with van der Waals surface area (Å²) in [4.78, 5) is 27.8. The Kier molecular flexibility index (Phi) is 6.94. The van der Waals surface area contributed by atoms with Crippen LogP contribution in [0.3, 0.4) is 0 Å². The minimum Gasteiger partial charge on any atom is -0.450 e. The molecule has 27 heavy (non-hydrogen) atoms. The van der Waals surface area contributed by atoms with Crippen LogP contribution in [0.25, 0.3) is 0 Å². The van der Waals surface area contributed by atoms with Crippen molar-refractivity contribution in [1.29, 1.82) is 0 Å². The fraction of sp³-hybridized carbons (Fsp3) is 0.529. The van der Waals surface area contributed by atoms with Gasteiger partial charge >= 0.3 is 6.09 Å². The lowest BCUT2D eigenvalue weighted by Crippen LogP contribution is -2.56. The fourth-order valence-electron chi connectivity index (χ4n) is 3.00. The molecule has 150 valence electrons. The van der Waals surface area contributed by atoms with E-state index in [-0.39, 0.29) is 12.5 Å². The van der Waals surface area contributed by atoms with E-state index in [0.717, 1.165) is 10.6 Å². The third-order valence-electron chi connectivity index (χ3n) is 4.25. The van der Waals surface area contributed by atoms with Crippen molar-refractivity contribution in [3.63, 3.8) is 0 Å². The second kappa shape index (κ2) is 8.79. The highest BCUT2D eigenvalue weighted by Crippen LogP contribution is 2.25. The molecule has 1 aliphatic heterocycles. The van der Waals surface area contributed by atoms with E-state index in [1.165, 1.54) is 11.0 Å². The van der Waals surface area contributed by atoms with Crippen LogP contribution in [0, 0.1) is 0 Å². The maximum atomic E-state index is 12.9. The Balaban J connectivity index is 2.13. The molecule has 0 spiro atoms. The van der Waals surface area contributed by atoms with Crippen molar-refractivity contribution in [1.82, 2.24) is 9.80 Å². The maximum Gasteiger partial charge on any atom is 0.409 e. The molecule has 0 N–H and O–H groups in total. The van der Waals surface area contributed by atoms with Gasteiger partial charge < -0.3 is 14.5 Å². The SMILES string of the molecule is CCOC(=O)N1CCN(C(=O)[C@H](C)N(c2cccc(Cl)c2)S(C)(=O)=O)CC1. The van der Waals surface area contributed by atoms with Crippen LogP contribution in [0.2, 0.25) is 5.02 Å². The summed E-state index contributed by atoms with van der Waals surface area (Å²) in [6, 6.07) is 5.42. The molecule has 1 aromatic carbocycles. The zero-order valence-electron chi connectivity index (χ0n) is 15.6. The number of carbonyl (C=O) groups excluding carboxylic acids is 2. The normalized spacial score (nSPS) is 16.0. The first kappa shape index (κ1) is 21.3. The summed E-state index contributed by atoms with van der Waals surface area (Å²) in [6.45, 7) is 4.87. The summed E-state index contributed by atoms with van der Waals surface area (Å²) < 4.78 is 30.7. The van der Waals surface area contributed by atoms with Crippen molar-refractivity contribution in [2.45, 2.75) is 19.9 Å². The summed E-state index contributed by atoms with van der Waals surface area (Å²) >= 11 is 5.98. The second-order valence-corrected chi connectivity index (χ2v) is 8.52. The highest BCUT2D eigenvalue weighted by atomic mass is 35.5. The lowest BCUT2D eigenvalue weighted by molar-refractivity contribution is -0.133. The molecule has 0 aromatic heterocycles. The fourth-order valence-corrected chi connectivity index (χ4v) is 4.35. The molecule has 2 rings (SSSR count). The number of piperazine rings is 1. The van der Waals surface area contributed by atoms with Gasteiger partial charge in [-0.25, -0.2) is 13.2 Å². The lowest BCUT2D eigenvalue weighted by Gasteiger charge is -2.37. The minimum atomic E-state index is -3.71. The van der Waals surface area contributed by atoms with E-state index < -0.39 is 22.2 Å². The Bertz CT molecular complexity index is 794. The summed E-state index contributed by atoms with van der Waals surface area (Å²) in [5.41, 5.74) is 0.330. The predicted molar refractivity (Wildman–Crippen MR) is 103 cm³/mol. The molecule has 8 nitrogen and oxygen atoms in total. The van der Waals surface area contributed by atoms with Crippen LogP contribution in [0.1, 0.15) is 13.8 Å². The molecule has 1 aromatic rings. The van der Waals surface area contributed by atoms with Crippen molar-refractivity contribution in [3.05, 3.63) is 29.3 Å². The minimum absolute atomic E-state index is 0.290. The van der Waals surface area contributed by atoms with Crippen LogP contribution in [-0.4, -0.2) is 75.3 Å². The van der Waals surface area contributed by atoms with Crippen molar-refractivity contribution >= 4 is 39.3 Å². The smallest absolute Gasteiger partial charge is 0.409 e. The number of hydrogen-bond donors (Lipinski definition) is 0. The van der Waals surface area contributed by atoms with Gasteiger partial charge in [0.25, 0.3) is 0 Å². The molecule has 0 bridgehead atoms. The van der Waals surface area contributed by atoms with Gasteiger partial charge in [-0.05, 0) is 32.0 Å². The molecule has 1 fully saturated rings. The first-order valence-electron chi connectivity index (χ1n) is 8.60. The van der Waals surface area contributed by atoms with Crippen LogP contribution < -0.4 is 4.31 Å². The van der Waals surface area contributed by atoms with Crippen molar-refractivity contribution in [3.8, 4) is 0 Å². The molecular formula is C17H24ClN3O5S. The molecule has 10 heteroatoms. The van der Waals surface area contributed by atoms with Crippen molar-refractivity contribution in [2.24, 2.45) is 0 Å². The third kappa shape index (κ3) is 5.26. The zero-order chi connectivity index (χ0) is 20.2. The summed E-state index contributed by atoms with van der Waals surface area (Å²) in [7, 11) is -3.71. The quantitative estimate of drug-likeness (QED) is 0.728. The van der Waals surface area contributed by atoms with Crippen molar-refractivity contribution in [2.75, 3.05) is 43.3 Å². The second-order valence-electron chi connectivity index (χ2n) is 6.23. The largest absolute Gasteiger partial charge is 0.450 e. The lowest BCUT2D eigenvalue weighted by atomic mass is 10.2. The van der Waals surface area contributed by atoms with Gasteiger partial charge in [-0.2, -0.15) is 0 Å².